The topological polar surface area (TPSA) is 72.3 Å². The van der Waals surface area contributed by atoms with Crippen molar-refractivity contribution in [2.75, 3.05) is 25.5 Å². The first-order chi connectivity index (χ1) is 11.5. The maximum absolute atomic E-state index is 12.4. The van der Waals surface area contributed by atoms with Gasteiger partial charge in [0, 0.05) is 32.4 Å². The lowest BCUT2D eigenvalue weighted by atomic mass is 10.0. The predicted molar refractivity (Wildman–Crippen MR) is 91.4 cm³/mol. The highest BCUT2D eigenvalue weighted by Gasteiger charge is 2.26. The van der Waals surface area contributed by atoms with Gasteiger partial charge in [0.25, 0.3) is 0 Å². The number of carbonyl (C=O) groups excluding carboxylic acids is 1. The number of carbonyl (C=O) groups is 1. The first-order valence-electron chi connectivity index (χ1n) is 7.78. The lowest BCUT2D eigenvalue weighted by Crippen LogP contribution is -2.33. The molecular weight excluding hydrogens is 330 g/mol. The molecule has 0 radical (unpaired) electrons. The van der Waals surface area contributed by atoms with Crippen LogP contribution in [0.3, 0.4) is 0 Å². The predicted octanol–water partition coefficient (Wildman–Crippen LogP) is 2.57. The molecule has 0 aliphatic carbocycles. The molecule has 2 aromatic rings. The second kappa shape index (κ2) is 7.09. The van der Waals surface area contributed by atoms with E-state index in [1.165, 1.54) is 12.7 Å². The third-order valence-corrected chi connectivity index (χ3v) is 4.28. The van der Waals surface area contributed by atoms with E-state index >= 15 is 0 Å². The van der Waals surface area contributed by atoms with Crippen LogP contribution in [0.1, 0.15) is 12.0 Å². The summed E-state index contributed by atoms with van der Waals surface area (Å²) in [5, 5.41) is 7.32. The van der Waals surface area contributed by atoms with Crippen LogP contribution < -0.4 is 10.1 Å². The van der Waals surface area contributed by atoms with Crippen molar-refractivity contribution >= 4 is 23.3 Å². The summed E-state index contributed by atoms with van der Waals surface area (Å²) in [5.41, 5.74) is 1.78. The Bertz CT molecular complexity index is 733. The summed E-state index contributed by atoms with van der Waals surface area (Å²) in [5.74, 6) is 0.823. The van der Waals surface area contributed by atoms with Gasteiger partial charge >= 0.3 is 6.03 Å². The quantitative estimate of drug-likeness (QED) is 0.861. The highest BCUT2D eigenvalue weighted by molar-refractivity contribution is 6.29. The van der Waals surface area contributed by atoms with Crippen LogP contribution in [0.25, 0.3) is 0 Å². The number of aryl methyl sites for hydroxylation is 1. The van der Waals surface area contributed by atoms with Crippen molar-refractivity contribution in [1.82, 2.24) is 19.7 Å². The van der Waals surface area contributed by atoms with E-state index in [4.69, 9.17) is 16.3 Å². The molecule has 3 rings (SSSR count). The van der Waals surface area contributed by atoms with E-state index < -0.39 is 0 Å². The van der Waals surface area contributed by atoms with E-state index in [0.29, 0.717) is 17.5 Å². The molecule has 1 unspecified atom stereocenters. The number of methoxy groups -OCH3 is 1. The summed E-state index contributed by atoms with van der Waals surface area (Å²) in [6.07, 6.45) is 5.83. The van der Waals surface area contributed by atoms with Crippen LogP contribution in [0, 0.1) is 5.92 Å². The molecule has 0 aromatic carbocycles. The molecule has 7 nitrogen and oxygen atoms in total. The Kier molecular flexibility index (Phi) is 4.89. The number of hydrogen-bond acceptors (Lipinski definition) is 4. The Morgan fingerprint density at radius 1 is 1.50 bits per heavy atom. The van der Waals surface area contributed by atoms with E-state index in [-0.39, 0.29) is 11.2 Å². The zero-order valence-corrected chi connectivity index (χ0v) is 14.5. The molecule has 3 heterocycles. The molecule has 128 valence electrons. The van der Waals surface area contributed by atoms with Crippen molar-refractivity contribution in [3.63, 3.8) is 0 Å². The Labute approximate surface area is 145 Å². The first kappa shape index (κ1) is 16.6. The fraction of sp³-hybridized carbons (Fsp3) is 0.438. The molecule has 2 aromatic heterocycles. The smallest absolute Gasteiger partial charge is 0.321 e. The largest absolute Gasteiger partial charge is 0.481 e. The Hall–Kier alpha value is -2.28. The van der Waals surface area contributed by atoms with Gasteiger partial charge in [-0.2, -0.15) is 5.10 Å². The van der Waals surface area contributed by atoms with Gasteiger partial charge in [-0.3, -0.25) is 4.68 Å². The zero-order valence-electron chi connectivity index (χ0n) is 13.7. The number of anilines is 1. The van der Waals surface area contributed by atoms with E-state index in [9.17, 15) is 4.79 Å². The summed E-state index contributed by atoms with van der Waals surface area (Å²) >= 11 is 5.92. The van der Waals surface area contributed by atoms with Crippen LogP contribution in [0.15, 0.2) is 24.5 Å². The van der Waals surface area contributed by atoms with Gasteiger partial charge in [-0.1, -0.05) is 11.6 Å². The molecule has 1 aliphatic rings. The number of urea groups is 1. The number of hydrogen-bond donors (Lipinski definition) is 1. The second-order valence-electron chi connectivity index (χ2n) is 5.98. The van der Waals surface area contributed by atoms with Crippen molar-refractivity contribution in [3.8, 4) is 5.88 Å². The molecule has 0 saturated carbocycles. The number of amides is 2. The average molecular weight is 350 g/mol. The van der Waals surface area contributed by atoms with Crippen LogP contribution in [0.2, 0.25) is 5.15 Å². The van der Waals surface area contributed by atoms with E-state index in [2.05, 4.69) is 15.4 Å². The highest BCUT2D eigenvalue weighted by atomic mass is 35.5. The average Bonchev–Trinajstić information content (AvgIpc) is 3.16. The van der Waals surface area contributed by atoms with Crippen LogP contribution in [-0.4, -0.2) is 45.9 Å². The molecule has 0 bridgehead atoms. The standard InChI is InChI=1S/C16H20ClN5O2/c1-21-9-12(8-18-21)5-11-3-4-22(10-11)16(23)19-13-6-14(17)20-15(7-13)24-2/h6-9,11H,3-5,10H2,1-2H3,(H,19,20,23). The minimum atomic E-state index is -0.131. The lowest BCUT2D eigenvalue weighted by Gasteiger charge is -2.17. The van der Waals surface area contributed by atoms with E-state index in [1.54, 1.807) is 16.8 Å². The van der Waals surface area contributed by atoms with Crippen molar-refractivity contribution < 1.29 is 9.53 Å². The number of halogens is 1. The number of nitrogens with one attached hydrogen (secondary N) is 1. The third-order valence-electron chi connectivity index (χ3n) is 4.09. The van der Waals surface area contributed by atoms with Crippen LogP contribution in [0.4, 0.5) is 10.5 Å². The highest BCUT2D eigenvalue weighted by Crippen LogP contribution is 2.23. The van der Waals surface area contributed by atoms with Gasteiger partial charge in [0.1, 0.15) is 5.15 Å². The summed E-state index contributed by atoms with van der Waals surface area (Å²) in [4.78, 5) is 18.2. The summed E-state index contributed by atoms with van der Waals surface area (Å²) in [6, 6.07) is 3.12. The molecule has 1 atom stereocenters. The molecule has 1 saturated heterocycles. The number of aromatic nitrogens is 3. The Morgan fingerprint density at radius 2 is 2.33 bits per heavy atom. The van der Waals surface area contributed by atoms with E-state index in [0.717, 1.165) is 25.9 Å². The fourth-order valence-electron chi connectivity index (χ4n) is 2.95. The Balaban J connectivity index is 1.57. The maximum Gasteiger partial charge on any atom is 0.321 e. The van der Waals surface area contributed by atoms with Gasteiger partial charge in [-0.15, -0.1) is 0 Å². The van der Waals surface area contributed by atoms with Crippen molar-refractivity contribution in [2.24, 2.45) is 13.0 Å². The van der Waals surface area contributed by atoms with Crippen molar-refractivity contribution in [2.45, 2.75) is 12.8 Å². The minimum Gasteiger partial charge on any atom is -0.481 e. The van der Waals surface area contributed by atoms with Gasteiger partial charge in [0.2, 0.25) is 5.88 Å². The zero-order chi connectivity index (χ0) is 17.1. The Morgan fingerprint density at radius 3 is 3.04 bits per heavy atom. The first-order valence-corrected chi connectivity index (χ1v) is 8.16. The van der Waals surface area contributed by atoms with Crippen LogP contribution in [0.5, 0.6) is 5.88 Å². The number of rotatable bonds is 4. The normalized spacial score (nSPS) is 17.1. The summed E-state index contributed by atoms with van der Waals surface area (Å²) in [7, 11) is 3.42. The van der Waals surface area contributed by atoms with Crippen molar-refractivity contribution in [3.05, 3.63) is 35.2 Å². The number of pyridine rings is 1. The lowest BCUT2D eigenvalue weighted by molar-refractivity contribution is 0.221. The molecule has 0 spiro atoms. The van der Waals surface area contributed by atoms with E-state index in [1.807, 2.05) is 24.3 Å². The second-order valence-corrected chi connectivity index (χ2v) is 6.37. The van der Waals surface area contributed by atoms with Crippen LogP contribution in [-0.2, 0) is 13.5 Å². The SMILES string of the molecule is COc1cc(NC(=O)N2CCC(Cc3cnn(C)c3)C2)cc(Cl)n1. The molecule has 1 N–H and O–H groups in total. The molecule has 8 heteroatoms. The molecule has 1 aliphatic heterocycles. The van der Waals surface area contributed by atoms with Crippen LogP contribution >= 0.6 is 11.6 Å². The molecule has 2 amide bonds. The number of likely N-dealkylation sites (tertiary alicyclic amines) is 1. The third kappa shape index (κ3) is 3.97. The van der Waals surface area contributed by atoms with Gasteiger partial charge in [0.05, 0.1) is 19.0 Å². The fourth-order valence-corrected chi connectivity index (χ4v) is 3.15. The maximum atomic E-state index is 12.4. The van der Waals surface area contributed by atoms with Crippen molar-refractivity contribution in [1.29, 1.82) is 0 Å². The van der Waals surface area contributed by atoms with Gasteiger partial charge in [-0.25, -0.2) is 9.78 Å². The molecule has 24 heavy (non-hydrogen) atoms. The number of nitrogens with zero attached hydrogens (tertiary/aromatic N) is 4. The summed E-state index contributed by atoms with van der Waals surface area (Å²) in [6.45, 7) is 1.48. The molecular formula is C16H20ClN5O2. The summed E-state index contributed by atoms with van der Waals surface area (Å²) < 4.78 is 6.86. The minimum absolute atomic E-state index is 0.131. The number of ether oxygens (including phenoxy) is 1. The van der Waals surface area contributed by atoms with Gasteiger partial charge in [-0.05, 0) is 30.4 Å². The monoisotopic (exact) mass is 349 g/mol. The van der Waals surface area contributed by atoms with Gasteiger partial charge < -0.3 is 15.0 Å². The van der Waals surface area contributed by atoms with Gasteiger partial charge in [0.15, 0.2) is 0 Å². The molecule has 1 fully saturated rings.